The molecule has 0 spiro atoms. The average molecular weight is 542 g/mol. The zero-order valence-corrected chi connectivity index (χ0v) is 21.7. The third kappa shape index (κ3) is 5.78. The molecule has 6 nitrogen and oxygen atoms in total. The second-order valence-electron chi connectivity index (χ2n) is 8.55. The molecule has 38 heavy (non-hydrogen) atoms. The molecular formula is C30H21Cl2N3O3. The van der Waals surface area contributed by atoms with Gasteiger partial charge in [-0.3, -0.25) is 4.79 Å². The van der Waals surface area contributed by atoms with Crippen LogP contribution in [0.1, 0.15) is 26.3 Å². The summed E-state index contributed by atoms with van der Waals surface area (Å²) < 4.78 is 7.33. The zero-order chi connectivity index (χ0) is 26.6. The molecule has 0 fully saturated rings. The molecule has 0 aliphatic heterocycles. The molecule has 5 rings (SSSR count). The number of rotatable bonds is 6. The number of halogens is 2. The van der Waals surface area contributed by atoms with Crippen molar-refractivity contribution in [2.45, 2.75) is 6.92 Å². The van der Waals surface area contributed by atoms with Gasteiger partial charge >= 0.3 is 5.97 Å². The molecule has 5 aromatic rings. The van der Waals surface area contributed by atoms with Crippen molar-refractivity contribution in [1.82, 2.24) is 9.78 Å². The number of hydrogen-bond donors (Lipinski definition) is 1. The van der Waals surface area contributed by atoms with E-state index in [0.717, 1.165) is 16.8 Å². The Morgan fingerprint density at radius 1 is 0.763 bits per heavy atom. The summed E-state index contributed by atoms with van der Waals surface area (Å²) in [6.07, 6.45) is 0. The summed E-state index contributed by atoms with van der Waals surface area (Å²) in [5.74, 6) is -0.500. The van der Waals surface area contributed by atoms with Crippen LogP contribution >= 0.6 is 23.2 Å². The Hall–Kier alpha value is -4.39. The maximum absolute atomic E-state index is 12.8. The van der Waals surface area contributed by atoms with Gasteiger partial charge in [-0.15, -0.1) is 0 Å². The monoisotopic (exact) mass is 541 g/mol. The molecule has 0 aliphatic carbocycles. The average Bonchev–Trinajstić information content (AvgIpc) is 3.34. The van der Waals surface area contributed by atoms with Gasteiger partial charge in [-0.25, -0.2) is 9.48 Å². The number of anilines is 1. The third-order valence-corrected chi connectivity index (χ3v) is 6.28. The fourth-order valence-electron chi connectivity index (χ4n) is 3.72. The Labute approximate surface area is 229 Å². The van der Waals surface area contributed by atoms with Crippen molar-refractivity contribution >= 4 is 40.8 Å². The first kappa shape index (κ1) is 25.3. The number of benzene rings is 4. The van der Waals surface area contributed by atoms with Crippen molar-refractivity contribution in [3.63, 3.8) is 0 Å². The van der Waals surface area contributed by atoms with Crippen LogP contribution in [0.4, 0.5) is 5.69 Å². The van der Waals surface area contributed by atoms with Crippen LogP contribution in [-0.2, 0) is 0 Å². The van der Waals surface area contributed by atoms with E-state index < -0.39 is 5.97 Å². The highest BCUT2D eigenvalue weighted by molar-refractivity contribution is 6.31. The molecule has 4 aromatic carbocycles. The molecule has 0 saturated heterocycles. The number of ether oxygens (including phenoxy) is 1. The minimum absolute atomic E-state index is 0.241. The van der Waals surface area contributed by atoms with E-state index in [1.54, 1.807) is 71.4 Å². The molecule has 0 atom stereocenters. The van der Waals surface area contributed by atoms with Gasteiger partial charge in [0.2, 0.25) is 5.88 Å². The highest BCUT2D eigenvalue weighted by Crippen LogP contribution is 2.28. The molecule has 1 N–H and O–H groups in total. The van der Waals surface area contributed by atoms with Crippen molar-refractivity contribution in [2.24, 2.45) is 0 Å². The van der Waals surface area contributed by atoms with Crippen LogP contribution in [0.25, 0.3) is 16.9 Å². The fraction of sp³-hybridized carbons (Fsp3) is 0.0333. The summed E-state index contributed by atoms with van der Waals surface area (Å²) in [6, 6.07) is 29.8. The van der Waals surface area contributed by atoms with Crippen molar-refractivity contribution in [1.29, 1.82) is 0 Å². The number of amides is 1. The molecule has 8 heteroatoms. The van der Waals surface area contributed by atoms with Crippen molar-refractivity contribution in [3.05, 3.63) is 130 Å². The summed E-state index contributed by atoms with van der Waals surface area (Å²) in [5, 5.41) is 8.67. The number of hydrogen-bond acceptors (Lipinski definition) is 4. The smallest absolute Gasteiger partial charge is 0.344 e. The maximum Gasteiger partial charge on any atom is 0.344 e. The summed E-state index contributed by atoms with van der Waals surface area (Å²) in [4.78, 5) is 25.4. The second kappa shape index (κ2) is 10.9. The zero-order valence-electron chi connectivity index (χ0n) is 20.2. The number of aromatic nitrogens is 2. The van der Waals surface area contributed by atoms with E-state index in [1.807, 2.05) is 43.3 Å². The number of esters is 1. The van der Waals surface area contributed by atoms with E-state index >= 15 is 0 Å². The second-order valence-corrected chi connectivity index (χ2v) is 9.42. The quantitative estimate of drug-likeness (QED) is 0.224. The van der Waals surface area contributed by atoms with E-state index in [-0.39, 0.29) is 11.8 Å². The van der Waals surface area contributed by atoms with Gasteiger partial charge in [0.05, 0.1) is 16.9 Å². The molecule has 1 amide bonds. The Balaban J connectivity index is 1.41. The number of carbonyl (C=O) groups is 2. The lowest BCUT2D eigenvalue weighted by Gasteiger charge is -2.08. The number of nitrogens with zero attached hydrogens (tertiary/aromatic N) is 2. The highest BCUT2D eigenvalue weighted by atomic mass is 35.5. The number of nitrogens with one attached hydrogen (secondary N) is 1. The molecule has 0 bridgehead atoms. The Morgan fingerprint density at radius 3 is 1.95 bits per heavy atom. The Bertz CT molecular complexity index is 1590. The van der Waals surface area contributed by atoms with Crippen LogP contribution in [0.2, 0.25) is 10.0 Å². The lowest BCUT2D eigenvalue weighted by Crippen LogP contribution is -2.11. The summed E-state index contributed by atoms with van der Waals surface area (Å²) >= 11 is 11.9. The summed E-state index contributed by atoms with van der Waals surface area (Å²) in [7, 11) is 0. The molecule has 0 radical (unpaired) electrons. The van der Waals surface area contributed by atoms with Gasteiger partial charge in [-0.05, 0) is 79.7 Å². The predicted molar refractivity (Wildman–Crippen MR) is 150 cm³/mol. The van der Waals surface area contributed by atoms with Crippen molar-refractivity contribution in [2.75, 3.05) is 5.32 Å². The van der Waals surface area contributed by atoms with Crippen LogP contribution in [0.5, 0.6) is 5.88 Å². The van der Waals surface area contributed by atoms with Crippen LogP contribution < -0.4 is 10.1 Å². The van der Waals surface area contributed by atoms with E-state index in [1.165, 1.54) is 0 Å². The van der Waals surface area contributed by atoms with Crippen LogP contribution in [0.3, 0.4) is 0 Å². The van der Waals surface area contributed by atoms with Gasteiger partial charge in [0, 0.05) is 32.9 Å². The van der Waals surface area contributed by atoms with E-state index in [9.17, 15) is 9.59 Å². The van der Waals surface area contributed by atoms with Crippen LogP contribution in [0, 0.1) is 6.92 Å². The molecule has 0 saturated carbocycles. The predicted octanol–water partition coefficient (Wildman–Crippen LogP) is 7.63. The van der Waals surface area contributed by atoms with Crippen molar-refractivity contribution in [3.8, 4) is 22.8 Å². The first-order valence-electron chi connectivity index (χ1n) is 11.7. The van der Waals surface area contributed by atoms with Crippen molar-refractivity contribution < 1.29 is 14.3 Å². The van der Waals surface area contributed by atoms with E-state index in [0.29, 0.717) is 32.6 Å². The topological polar surface area (TPSA) is 73.2 Å². The lowest BCUT2D eigenvalue weighted by atomic mass is 10.1. The first-order valence-corrected chi connectivity index (χ1v) is 12.4. The maximum atomic E-state index is 12.8. The molecule has 0 aliphatic rings. The van der Waals surface area contributed by atoms with Gasteiger partial charge in [-0.2, -0.15) is 5.10 Å². The molecular weight excluding hydrogens is 521 g/mol. The van der Waals surface area contributed by atoms with E-state index in [2.05, 4.69) is 5.32 Å². The van der Waals surface area contributed by atoms with Gasteiger partial charge in [0.25, 0.3) is 5.91 Å². The Morgan fingerprint density at radius 2 is 1.34 bits per heavy atom. The molecule has 1 heterocycles. The van der Waals surface area contributed by atoms with Gasteiger partial charge in [0.15, 0.2) is 0 Å². The summed E-state index contributed by atoms with van der Waals surface area (Å²) in [5.41, 5.74) is 4.71. The lowest BCUT2D eigenvalue weighted by molar-refractivity contribution is 0.0723. The minimum Gasteiger partial charge on any atom is -0.404 e. The minimum atomic E-state index is -0.526. The summed E-state index contributed by atoms with van der Waals surface area (Å²) in [6.45, 7) is 1.99. The molecule has 188 valence electrons. The highest BCUT2D eigenvalue weighted by Gasteiger charge is 2.17. The standard InChI is InChI=1S/C30H21Cl2N3O3/c1-19-2-16-26(17-3-19)35-28(38-30(37)22-6-12-24(32)13-7-22)18-27(34-35)20-8-14-25(15-9-20)33-29(36)21-4-10-23(31)11-5-21/h2-18H,1H3,(H,33,36). The fourth-order valence-corrected chi connectivity index (χ4v) is 3.97. The Kier molecular flexibility index (Phi) is 7.26. The van der Waals surface area contributed by atoms with E-state index in [4.69, 9.17) is 33.0 Å². The van der Waals surface area contributed by atoms with Gasteiger partial charge in [-0.1, -0.05) is 53.0 Å². The largest absolute Gasteiger partial charge is 0.404 e. The third-order valence-electron chi connectivity index (χ3n) is 5.78. The van der Waals surface area contributed by atoms with Crippen LogP contribution in [0.15, 0.2) is 103 Å². The molecule has 1 aromatic heterocycles. The van der Waals surface area contributed by atoms with Crippen LogP contribution in [-0.4, -0.2) is 21.7 Å². The number of aryl methyl sites for hydroxylation is 1. The normalized spacial score (nSPS) is 10.7. The van der Waals surface area contributed by atoms with Gasteiger partial charge in [0.1, 0.15) is 0 Å². The molecule has 0 unspecified atom stereocenters. The SMILES string of the molecule is Cc1ccc(-n2nc(-c3ccc(NC(=O)c4ccc(Cl)cc4)cc3)cc2OC(=O)c2ccc(Cl)cc2)cc1. The first-order chi connectivity index (χ1) is 18.4. The number of carbonyl (C=O) groups excluding carboxylic acids is 2. The van der Waals surface area contributed by atoms with Gasteiger partial charge < -0.3 is 10.1 Å².